The van der Waals surface area contributed by atoms with Gasteiger partial charge in [-0.3, -0.25) is 4.99 Å². The topological polar surface area (TPSA) is 50.2 Å². The summed E-state index contributed by atoms with van der Waals surface area (Å²) in [6.07, 6.45) is -3.89. The van der Waals surface area contributed by atoms with E-state index in [1.807, 2.05) is 13.0 Å². The van der Waals surface area contributed by atoms with Gasteiger partial charge in [-0.15, -0.1) is 0 Å². The van der Waals surface area contributed by atoms with Crippen LogP contribution in [0.2, 0.25) is 0 Å². The van der Waals surface area contributed by atoms with Gasteiger partial charge in [-0.1, -0.05) is 49.4 Å². The molecule has 1 aromatic heterocycles. The molecule has 0 aliphatic carbocycles. The fourth-order valence-corrected chi connectivity index (χ4v) is 4.09. The first-order chi connectivity index (χ1) is 15.9. The molecule has 0 saturated carbocycles. The molecule has 1 atom stereocenters. The van der Waals surface area contributed by atoms with E-state index in [0.717, 1.165) is 11.6 Å². The molecule has 0 fully saturated rings. The number of nitrogens with zero attached hydrogens (tertiary/aromatic N) is 3. The van der Waals surface area contributed by atoms with Crippen LogP contribution in [0.15, 0.2) is 71.7 Å². The third kappa shape index (κ3) is 3.71. The zero-order chi connectivity index (χ0) is 23.2. The molecule has 0 radical (unpaired) electrons. The third-order valence-electron chi connectivity index (χ3n) is 5.63. The number of fused-ring (bicyclic) bond motifs is 2. The second-order valence-corrected chi connectivity index (χ2v) is 7.69. The summed E-state index contributed by atoms with van der Waals surface area (Å²) in [5.74, 6) is 0.0605. The molecule has 0 spiro atoms. The Kier molecular flexibility index (Phi) is 5.08. The van der Waals surface area contributed by atoms with Crippen molar-refractivity contribution in [3.63, 3.8) is 0 Å². The van der Waals surface area contributed by atoms with Crippen LogP contribution in [0.3, 0.4) is 0 Å². The summed E-state index contributed by atoms with van der Waals surface area (Å²) < 4.78 is 55.6. The first-order valence-electron chi connectivity index (χ1n) is 10.4. The number of anilines is 1. The highest BCUT2D eigenvalue weighted by Crippen LogP contribution is 2.38. The van der Waals surface area contributed by atoms with Crippen molar-refractivity contribution < 1.29 is 17.6 Å². The van der Waals surface area contributed by atoms with E-state index in [9.17, 15) is 17.6 Å². The van der Waals surface area contributed by atoms with Crippen LogP contribution in [0.25, 0.3) is 22.3 Å². The number of para-hydroxylation sites is 1. The van der Waals surface area contributed by atoms with Crippen LogP contribution in [0.5, 0.6) is 0 Å². The highest BCUT2D eigenvalue weighted by molar-refractivity contribution is 6.13. The number of rotatable bonds is 3. The smallest absolute Gasteiger partial charge is 0.324 e. The van der Waals surface area contributed by atoms with Gasteiger partial charge in [0.05, 0.1) is 22.7 Å². The molecule has 8 heteroatoms. The number of halogens is 4. The summed E-state index contributed by atoms with van der Waals surface area (Å²) in [4.78, 5) is 13.4. The van der Waals surface area contributed by atoms with Gasteiger partial charge in [0, 0.05) is 10.9 Å². The Bertz CT molecular complexity index is 1400. The van der Waals surface area contributed by atoms with Crippen LogP contribution in [0.1, 0.15) is 36.1 Å². The van der Waals surface area contributed by atoms with Gasteiger partial charge >= 0.3 is 6.18 Å². The van der Waals surface area contributed by atoms with Gasteiger partial charge < -0.3 is 5.32 Å². The van der Waals surface area contributed by atoms with Crippen LogP contribution < -0.4 is 5.32 Å². The fourth-order valence-electron chi connectivity index (χ4n) is 4.09. The van der Waals surface area contributed by atoms with Crippen LogP contribution >= 0.6 is 0 Å². The van der Waals surface area contributed by atoms with E-state index in [2.05, 4.69) is 20.3 Å². The van der Waals surface area contributed by atoms with E-state index >= 15 is 0 Å². The van der Waals surface area contributed by atoms with E-state index in [1.165, 1.54) is 24.3 Å². The average Bonchev–Trinajstić information content (AvgIpc) is 3.17. The van der Waals surface area contributed by atoms with Crippen molar-refractivity contribution in [2.45, 2.75) is 25.6 Å². The molecule has 0 amide bonds. The Morgan fingerprint density at radius 2 is 1.67 bits per heavy atom. The van der Waals surface area contributed by atoms with Crippen LogP contribution in [0, 0.1) is 5.82 Å². The molecule has 4 nitrogen and oxygen atoms in total. The third-order valence-corrected chi connectivity index (χ3v) is 5.63. The molecule has 1 N–H and O–H groups in total. The maximum Gasteiger partial charge on any atom is 0.417 e. The first-order valence-corrected chi connectivity index (χ1v) is 10.4. The van der Waals surface area contributed by atoms with Gasteiger partial charge in [-0.25, -0.2) is 14.4 Å². The summed E-state index contributed by atoms with van der Waals surface area (Å²) in [6, 6.07) is 16.8. The predicted octanol–water partition coefficient (Wildman–Crippen LogP) is 6.78. The second kappa shape index (κ2) is 7.95. The van der Waals surface area contributed by atoms with E-state index in [1.54, 1.807) is 30.3 Å². The number of nitrogens with one attached hydrogen (secondary N) is 1. The van der Waals surface area contributed by atoms with Crippen molar-refractivity contribution in [1.29, 1.82) is 0 Å². The lowest BCUT2D eigenvalue weighted by Gasteiger charge is -2.15. The SMILES string of the molecule is CCC1N=C(Nc2nc(-c3ccccc3C(F)(F)F)nc3ccccc23)c2c(F)cccc21. The minimum Gasteiger partial charge on any atom is -0.324 e. The van der Waals surface area contributed by atoms with Gasteiger partial charge in [-0.05, 0) is 36.2 Å². The van der Waals surface area contributed by atoms with E-state index < -0.39 is 17.6 Å². The molecule has 1 unspecified atom stereocenters. The van der Waals surface area contributed by atoms with E-state index in [-0.39, 0.29) is 23.2 Å². The maximum atomic E-state index is 14.7. The zero-order valence-electron chi connectivity index (χ0n) is 17.5. The summed E-state index contributed by atoms with van der Waals surface area (Å²) in [5.41, 5.74) is 0.615. The molecular weight excluding hydrogens is 432 g/mol. The Hall–Kier alpha value is -3.81. The Morgan fingerprint density at radius 1 is 0.909 bits per heavy atom. The minimum atomic E-state index is -4.56. The molecule has 3 aromatic carbocycles. The van der Waals surface area contributed by atoms with Crippen molar-refractivity contribution in [2.24, 2.45) is 4.99 Å². The first kappa shape index (κ1) is 21.1. The number of amidine groups is 1. The summed E-state index contributed by atoms with van der Waals surface area (Å²) in [6.45, 7) is 1.96. The highest BCUT2D eigenvalue weighted by Gasteiger charge is 2.34. The Morgan fingerprint density at radius 3 is 2.45 bits per heavy atom. The Balaban J connectivity index is 1.67. The van der Waals surface area contributed by atoms with Crippen LogP contribution in [-0.4, -0.2) is 15.8 Å². The predicted molar refractivity (Wildman–Crippen MR) is 120 cm³/mol. The quantitative estimate of drug-likeness (QED) is 0.350. The molecule has 5 rings (SSSR count). The van der Waals surface area contributed by atoms with Gasteiger partial charge in [0.1, 0.15) is 17.5 Å². The van der Waals surface area contributed by atoms with Crippen LogP contribution in [-0.2, 0) is 6.18 Å². The molecule has 0 saturated heterocycles. The number of benzene rings is 3. The number of aromatic nitrogens is 2. The lowest BCUT2D eigenvalue weighted by atomic mass is 10.0. The van der Waals surface area contributed by atoms with Gasteiger partial charge in [0.25, 0.3) is 0 Å². The van der Waals surface area contributed by atoms with Gasteiger partial charge in [0.2, 0.25) is 0 Å². The number of hydrogen-bond acceptors (Lipinski definition) is 4. The van der Waals surface area contributed by atoms with E-state index in [4.69, 9.17) is 0 Å². The van der Waals surface area contributed by atoms with Crippen molar-refractivity contribution in [2.75, 3.05) is 5.32 Å². The molecular formula is C25H18F4N4. The molecule has 2 heterocycles. The molecule has 1 aliphatic heterocycles. The fraction of sp³-hybridized carbons (Fsp3) is 0.160. The molecule has 0 bridgehead atoms. The Labute approximate surface area is 187 Å². The average molecular weight is 450 g/mol. The molecule has 4 aromatic rings. The molecule has 1 aliphatic rings. The normalized spacial score (nSPS) is 15.4. The largest absolute Gasteiger partial charge is 0.417 e. The minimum absolute atomic E-state index is 0.0801. The molecule has 33 heavy (non-hydrogen) atoms. The van der Waals surface area contributed by atoms with Crippen molar-refractivity contribution in [3.8, 4) is 11.4 Å². The summed E-state index contributed by atoms with van der Waals surface area (Å²) in [5, 5.41) is 3.68. The van der Waals surface area contributed by atoms with Crippen molar-refractivity contribution in [1.82, 2.24) is 9.97 Å². The van der Waals surface area contributed by atoms with Gasteiger partial charge in [-0.2, -0.15) is 13.2 Å². The van der Waals surface area contributed by atoms with Gasteiger partial charge in [0.15, 0.2) is 5.82 Å². The highest BCUT2D eigenvalue weighted by atomic mass is 19.4. The lowest BCUT2D eigenvalue weighted by Crippen LogP contribution is -2.15. The lowest BCUT2D eigenvalue weighted by molar-refractivity contribution is -0.137. The van der Waals surface area contributed by atoms with Crippen molar-refractivity contribution >= 4 is 22.6 Å². The van der Waals surface area contributed by atoms with Crippen molar-refractivity contribution in [3.05, 3.63) is 89.2 Å². The van der Waals surface area contributed by atoms with E-state index in [0.29, 0.717) is 28.7 Å². The maximum absolute atomic E-state index is 14.7. The molecule has 166 valence electrons. The number of hydrogen-bond donors (Lipinski definition) is 1. The number of aliphatic imine (C=N–C) groups is 1. The summed E-state index contributed by atoms with van der Waals surface area (Å²) in [7, 11) is 0. The van der Waals surface area contributed by atoms with Crippen LogP contribution in [0.4, 0.5) is 23.4 Å². The zero-order valence-corrected chi connectivity index (χ0v) is 17.5. The standard InChI is InChI=1S/C25H18F4N4/c1-2-19-15-10-7-12-18(26)21(15)24(30-19)33-23-16-9-4-6-13-20(16)31-22(32-23)14-8-3-5-11-17(14)25(27,28)29/h3-13,19H,2H2,1H3,(H,30,31,32,33). The summed E-state index contributed by atoms with van der Waals surface area (Å²) >= 11 is 0. The second-order valence-electron chi connectivity index (χ2n) is 7.69. The monoisotopic (exact) mass is 450 g/mol. The number of alkyl halides is 3.